The van der Waals surface area contributed by atoms with E-state index < -0.39 is 0 Å². The summed E-state index contributed by atoms with van der Waals surface area (Å²) >= 11 is 0. The van der Waals surface area contributed by atoms with Crippen LogP contribution >= 0.6 is 0 Å². The third-order valence-corrected chi connectivity index (χ3v) is 4.82. The fraction of sp³-hybridized carbons (Fsp3) is 0.240. The van der Waals surface area contributed by atoms with E-state index in [2.05, 4.69) is 65.0 Å². The van der Waals surface area contributed by atoms with Crippen molar-refractivity contribution in [1.82, 2.24) is 5.32 Å². The lowest BCUT2D eigenvalue weighted by Gasteiger charge is -2.23. The molecule has 0 atom stereocenters. The zero-order chi connectivity index (χ0) is 20.3. The first-order valence-corrected chi connectivity index (χ1v) is 10.1. The van der Waals surface area contributed by atoms with Crippen molar-refractivity contribution in [3.8, 4) is 0 Å². The number of hydrogen-bond donors (Lipinski definition) is 2. The van der Waals surface area contributed by atoms with Crippen LogP contribution in [0.2, 0.25) is 0 Å². The van der Waals surface area contributed by atoms with Crippen molar-refractivity contribution in [3.63, 3.8) is 0 Å². The maximum Gasteiger partial charge on any atom is 0.239 e. The van der Waals surface area contributed by atoms with E-state index in [1.54, 1.807) is 0 Å². The van der Waals surface area contributed by atoms with E-state index in [1.165, 1.54) is 11.1 Å². The van der Waals surface area contributed by atoms with Crippen LogP contribution in [0.4, 0.5) is 11.4 Å². The Morgan fingerprint density at radius 2 is 1.45 bits per heavy atom. The van der Waals surface area contributed by atoms with Crippen LogP contribution in [-0.4, -0.2) is 26.0 Å². The molecule has 0 spiro atoms. The van der Waals surface area contributed by atoms with E-state index in [4.69, 9.17) is 0 Å². The van der Waals surface area contributed by atoms with Crippen molar-refractivity contribution in [3.05, 3.63) is 96.1 Å². The molecule has 0 bridgehead atoms. The van der Waals surface area contributed by atoms with Crippen molar-refractivity contribution in [1.29, 1.82) is 0 Å². The van der Waals surface area contributed by atoms with Gasteiger partial charge in [-0.3, -0.25) is 4.79 Å². The number of benzene rings is 3. The first-order chi connectivity index (χ1) is 14.2. The van der Waals surface area contributed by atoms with Crippen molar-refractivity contribution in [2.45, 2.75) is 19.4 Å². The molecule has 0 aromatic heterocycles. The number of nitrogens with one attached hydrogen (secondary N) is 2. The van der Waals surface area contributed by atoms with Crippen LogP contribution in [-0.2, 0) is 17.8 Å². The van der Waals surface area contributed by atoms with Gasteiger partial charge in [-0.15, -0.1) is 0 Å². The predicted molar refractivity (Wildman–Crippen MR) is 121 cm³/mol. The van der Waals surface area contributed by atoms with Crippen LogP contribution in [0.3, 0.4) is 0 Å². The lowest BCUT2D eigenvalue weighted by Crippen LogP contribution is -2.31. The molecule has 150 valence electrons. The van der Waals surface area contributed by atoms with Gasteiger partial charge in [-0.2, -0.15) is 0 Å². The summed E-state index contributed by atoms with van der Waals surface area (Å²) in [5.74, 6) is 0.0126. The molecule has 0 aliphatic rings. The lowest BCUT2D eigenvalue weighted by molar-refractivity contribution is -0.119. The fourth-order valence-corrected chi connectivity index (χ4v) is 3.30. The average molecular weight is 388 g/mol. The van der Waals surface area contributed by atoms with Gasteiger partial charge in [0.1, 0.15) is 0 Å². The van der Waals surface area contributed by atoms with Gasteiger partial charge in [0, 0.05) is 20.1 Å². The van der Waals surface area contributed by atoms with Gasteiger partial charge in [0.15, 0.2) is 0 Å². The van der Waals surface area contributed by atoms with Crippen LogP contribution in [0.5, 0.6) is 0 Å². The molecule has 29 heavy (non-hydrogen) atoms. The van der Waals surface area contributed by atoms with Gasteiger partial charge in [-0.25, -0.2) is 0 Å². The largest absolute Gasteiger partial charge is 0.374 e. The highest BCUT2D eigenvalue weighted by molar-refractivity contribution is 5.82. The van der Waals surface area contributed by atoms with Gasteiger partial charge in [-0.05, 0) is 36.1 Å². The van der Waals surface area contributed by atoms with Crippen LogP contribution in [0.15, 0.2) is 84.9 Å². The van der Waals surface area contributed by atoms with Crippen molar-refractivity contribution in [2.24, 2.45) is 0 Å². The summed E-state index contributed by atoms with van der Waals surface area (Å²) < 4.78 is 0. The molecule has 0 saturated heterocycles. The van der Waals surface area contributed by atoms with Crippen LogP contribution < -0.4 is 15.5 Å². The Morgan fingerprint density at radius 3 is 2.17 bits per heavy atom. The third kappa shape index (κ3) is 6.68. The monoisotopic (exact) mass is 387 g/mol. The fourth-order valence-electron chi connectivity index (χ4n) is 3.30. The summed E-state index contributed by atoms with van der Waals surface area (Å²) in [6, 6.07) is 28.8. The molecule has 0 radical (unpaired) electrons. The Bertz CT molecular complexity index is 881. The van der Waals surface area contributed by atoms with Crippen LogP contribution in [0, 0.1) is 0 Å². The second-order valence-electron chi connectivity index (χ2n) is 7.15. The van der Waals surface area contributed by atoms with Gasteiger partial charge in [0.05, 0.1) is 17.9 Å². The van der Waals surface area contributed by atoms with E-state index >= 15 is 0 Å². The van der Waals surface area contributed by atoms with Gasteiger partial charge in [0.25, 0.3) is 0 Å². The van der Waals surface area contributed by atoms with Crippen LogP contribution in [0.1, 0.15) is 17.5 Å². The Morgan fingerprint density at radius 1 is 0.828 bits per heavy atom. The van der Waals surface area contributed by atoms with Crippen molar-refractivity contribution >= 4 is 17.3 Å². The molecule has 4 heteroatoms. The Labute approximate surface area is 173 Å². The second-order valence-corrected chi connectivity index (χ2v) is 7.15. The van der Waals surface area contributed by atoms with E-state index in [-0.39, 0.29) is 12.5 Å². The normalized spacial score (nSPS) is 10.4. The standard InChI is InChI=1S/C25H29N3O/c1-28(20-22-13-6-3-7-14-22)24-17-9-8-16-23(24)27-19-25(29)26-18-10-15-21-11-4-2-5-12-21/h2-9,11-14,16-17,27H,10,15,18-20H2,1H3,(H,26,29). The molecule has 1 amide bonds. The number of anilines is 2. The SMILES string of the molecule is CN(Cc1ccccc1)c1ccccc1NCC(=O)NCCCc1ccccc1. The second kappa shape index (κ2) is 10.9. The van der Waals surface area contributed by atoms with E-state index in [9.17, 15) is 4.79 Å². The molecule has 0 saturated carbocycles. The van der Waals surface area contributed by atoms with Crippen molar-refractivity contribution < 1.29 is 4.79 Å². The molecule has 3 aromatic rings. The Balaban J connectivity index is 1.45. The number of rotatable bonds is 10. The molecule has 2 N–H and O–H groups in total. The molecule has 3 aromatic carbocycles. The topological polar surface area (TPSA) is 44.4 Å². The molecule has 0 heterocycles. The number of carbonyl (C=O) groups is 1. The zero-order valence-corrected chi connectivity index (χ0v) is 17.0. The van der Waals surface area contributed by atoms with Gasteiger partial charge in [-0.1, -0.05) is 72.8 Å². The summed E-state index contributed by atoms with van der Waals surface area (Å²) in [6.45, 7) is 1.76. The lowest BCUT2D eigenvalue weighted by atomic mass is 10.1. The van der Waals surface area contributed by atoms with Gasteiger partial charge < -0.3 is 15.5 Å². The predicted octanol–water partition coefficient (Wildman–Crippen LogP) is 4.48. The zero-order valence-electron chi connectivity index (χ0n) is 17.0. The summed E-state index contributed by atoms with van der Waals surface area (Å²) in [4.78, 5) is 14.4. The average Bonchev–Trinajstić information content (AvgIpc) is 2.77. The first-order valence-electron chi connectivity index (χ1n) is 10.1. The van der Waals surface area contributed by atoms with Gasteiger partial charge in [0.2, 0.25) is 5.91 Å². The quantitative estimate of drug-likeness (QED) is 0.504. The number of carbonyl (C=O) groups excluding carboxylic acids is 1. The molecular weight excluding hydrogens is 358 g/mol. The molecular formula is C25H29N3O. The van der Waals surface area contributed by atoms with E-state index in [0.29, 0.717) is 6.54 Å². The summed E-state index contributed by atoms with van der Waals surface area (Å²) in [5, 5.41) is 6.28. The van der Waals surface area contributed by atoms with E-state index in [1.807, 2.05) is 42.5 Å². The first kappa shape index (κ1) is 20.5. The minimum absolute atomic E-state index is 0.0126. The van der Waals surface area contributed by atoms with Crippen molar-refractivity contribution in [2.75, 3.05) is 30.4 Å². The highest BCUT2D eigenvalue weighted by Gasteiger charge is 2.09. The number of para-hydroxylation sites is 2. The highest BCUT2D eigenvalue weighted by atomic mass is 16.1. The maximum absolute atomic E-state index is 12.2. The maximum atomic E-state index is 12.2. The highest BCUT2D eigenvalue weighted by Crippen LogP contribution is 2.25. The summed E-state index contributed by atoms with van der Waals surface area (Å²) in [5.41, 5.74) is 4.59. The smallest absolute Gasteiger partial charge is 0.239 e. The Hall–Kier alpha value is -3.27. The molecule has 0 unspecified atom stereocenters. The molecule has 4 nitrogen and oxygen atoms in total. The summed E-state index contributed by atoms with van der Waals surface area (Å²) in [7, 11) is 2.07. The minimum atomic E-state index is 0.0126. The number of amides is 1. The van der Waals surface area contributed by atoms with E-state index in [0.717, 1.165) is 30.8 Å². The Kier molecular flexibility index (Phi) is 7.70. The number of aryl methyl sites for hydroxylation is 1. The number of hydrogen-bond acceptors (Lipinski definition) is 3. The molecule has 0 aliphatic carbocycles. The van der Waals surface area contributed by atoms with Gasteiger partial charge >= 0.3 is 0 Å². The molecule has 0 fully saturated rings. The minimum Gasteiger partial charge on any atom is -0.374 e. The number of nitrogens with zero attached hydrogens (tertiary/aromatic N) is 1. The molecule has 0 aliphatic heterocycles. The van der Waals surface area contributed by atoms with Crippen LogP contribution in [0.25, 0.3) is 0 Å². The third-order valence-electron chi connectivity index (χ3n) is 4.82. The molecule has 3 rings (SSSR count). The summed E-state index contributed by atoms with van der Waals surface area (Å²) in [6.07, 6.45) is 1.91.